The first-order valence-corrected chi connectivity index (χ1v) is 9.63. The standard InChI is InChI=1S/C17H31N5OS/c1-5-18-17(20-12-16-21-13(2)14(3)24-16)19-8-9-22(10-11-23-4)15-6-7-15/h15H,5-12H2,1-4H3,(H2,18,19,20). The van der Waals surface area contributed by atoms with Gasteiger partial charge in [0.15, 0.2) is 5.96 Å². The maximum atomic E-state index is 5.21. The number of nitrogens with zero attached hydrogens (tertiary/aromatic N) is 3. The van der Waals surface area contributed by atoms with Crippen molar-refractivity contribution in [3.63, 3.8) is 0 Å². The van der Waals surface area contributed by atoms with Crippen LogP contribution in [0.2, 0.25) is 0 Å². The molecule has 136 valence electrons. The van der Waals surface area contributed by atoms with E-state index < -0.39 is 0 Å². The van der Waals surface area contributed by atoms with Gasteiger partial charge in [0.1, 0.15) is 5.01 Å². The molecule has 1 aliphatic rings. The van der Waals surface area contributed by atoms with Crippen LogP contribution in [0.1, 0.15) is 35.3 Å². The van der Waals surface area contributed by atoms with Crippen LogP contribution in [0.25, 0.3) is 0 Å². The summed E-state index contributed by atoms with van der Waals surface area (Å²) in [5, 5.41) is 7.81. The largest absolute Gasteiger partial charge is 0.383 e. The topological polar surface area (TPSA) is 61.8 Å². The first-order valence-electron chi connectivity index (χ1n) is 8.82. The number of rotatable bonds is 10. The van der Waals surface area contributed by atoms with Crippen molar-refractivity contribution in [1.29, 1.82) is 0 Å². The molecule has 1 aromatic rings. The minimum Gasteiger partial charge on any atom is -0.383 e. The van der Waals surface area contributed by atoms with E-state index in [2.05, 4.69) is 46.3 Å². The molecular weight excluding hydrogens is 322 g/mol. The average molecular weight is 354 g/mol. The zero-order valence-corrected chi connectivity index (χ0v) is 16.2. The third kappa shape index (κ3) is 6.37. The van der Waals surface area contributed by atoms with Crippen LogP contribution in [0.5, 0.6) is 0 Å². The van der Waals surface area contributed by atoms with Crippen LogP contribution in [-0.2, 0) is 11.3 Å². The highest BCUT2D eigenvalue weighted by molar-refractivity contribution is 7.11. The Morgan fingerprint density at radius 2 is 2.12 bits per heavy atom. The molecular formula is C17H31N5OS. The van der Waals surface area contributed by atoms with E-state index in [0.717, 1.165) is 55.5 Å². The Morgan fingerprint density at radius 1 is 1.33 bits per heavy atom. The number of aromatic nitrogens is 1. The monoisotopic (exact) mass is 353 g/mol. The Hall–Kier alpha value is -1.18. The van der Waals surface area contributed by atoms with Gasteiger partial charge in [-0.1, -0.05) is 0 Å². The summed E-state index contributed by atoms with van der Waals surface area (Å²) in [6.07, 6.45) is 2.64. The van der Waals surface area contributed by atoms with Crippen molar-refractivity contribution in [1.82, 2.24) is 20.5 Å². The second kappa shape index (κ2) is 9.96. The van der Waals surface area contributed by atoms with Crippen molar-refractivity contribution >= 4 is 17.3 Å². The Bertz CT molecular complexity index is 508. The third-order valence-corrected chi connectivity index (χ3v) is 5.18. The molecule has 24 heavy (non-hydrogen) atoms. The van der Waals surface area contributed by atoms with Gasteiger partial charge in [0, 0.05) is 44.2 Å². The van der Waals surface area contributed by atoms with Crippen LogP contribution in [0.3, 0.4) is 0 Å². The first kappa shape index (κ1) is 19.1. The van der Waals surface area contributed by atoms with Gasteiger partial charge >= 0.3 is 0 Å². The van der Waals surface area contributed by atoms with Crippen molar-refractivity contribution in [3.05, 3.63) is 15.6 Å². The van der Waals surface area contributed by atoms with Gasteiger partial charge in [-0.15, -0.1) is 11.3 Å². The average Bonchev–Trinajstić information content (AvgIpc) is 3.35. The Balaban J connectivity index is 1.80. The molecule has 0 unspecified atom stereocenters. The molecule has 7 heteroatoms. The molecule has 0 radical (unpaired) electrons. The van der Waals surface area contributed by atoms with Gasteiger partial charge in [0.2, 0.25) is 0 Å². The van der Waals surface area contributed by atoms with Crippen molar-refractivity contribution in [3.8, 4) is 0 Å². The number of hydrogen-bond acceptors (Lipinski definition) is 5. The number of hydrogen-bond donors (Lipinski definition) is 2. The lowest BCUT2D eigenvalue weighted by molar-refractivity contribution is 0.144. The number of thiazole rings is 1. The summed E-state index contributed by atoms with van der Waals surface area (Å²) in [5.41, 5.74) is 1.11. The van der Waals surface area contributed by atoms with E-state index in [0.29, 0.717) is 6.54 Å². The van der Waals surface area contributed by atoms with Crippen LogP contribution < -0.4 is 10.6 Å². The highest BCUT2D eigenvalue weighted by atomic mass is 32.1. The van der Waals surface area contributed by atoms with Gasteiger partial charge in [0.05, 0.1) is 18.8 Å². The van der Waals surface area contributed by atoms with Gasteiger partial charge in [-0.25, -0.2) is 9.98 Å². The predicted molar refractivity (Wildman–Crippen MR) is 101 cm³/mol. The van der Waals surface area contributed by atoms with Gasteiger partial charge in [-0.3, -0.25) is 4.90 Å². The molecule has 1 aromatic heterocycles. The van der Waals surface area contributed by atoms with Crippen LogP contribution in [0.4, 0.5) is 0 Å². The van der Waals surface area contributed by atoms with E-state index in [1.54, 1.807) is 18.4 Å². The number of methoxy groups -OCH3 is 1. The molecule has 1 fully saturated rings. The van der Waals surface area contributed by atoms with Crippen molar-refractivity contribution in [2.45, 2.75) is 46.2 Å². The highest BCUT2D eigenvalue weighted by Crippen LogP contribution is 2.25. The van der Waals surface area contributed by atoms with E-state index in [4.69, 9.17) is 4.74 Å². The summed E-state index contributed by atoms with van der Waals surface area (Å²) in [6.45, 7) is 11.5. The summed E-state index contributed by atoms with van der Waals surface area (Å²) in [6, 6.07) is 0.753. The highest BCUT2D eigenvalue weighted by Gasteiger charge is 2.28. The van der Waals surface area contributed by atoms with E-state index in [9.17, 15) is 0 Å². The van der Waals surface area contributed by atoms with E-state index in [1.807, 2.05) is 0 Å². The van der Waals surface area contributed by atoms with Crippen molar-refractivity contribution in [2.75, 3.05) is 39.9 Å². The maximum absolute atomic E-state index is 5.21. The second-order valence-electron chi connectivity index (χ2n) is 6.13. The van der Waals surface area contributed by atoms with E-state index >= 15 is 0 Å². The maximum Gasteiger partial charge on any atom is 0.191 e. The zero-order valence-electron chi connectivity index (χ0n) is 15.4. The smallest absolute Gasteiger partial charge is 0.191 e. The van der Waals surface area contributed by atoms with E-state index in [-0.39, 0.29) is 0 Å². The summed E-state index contributed by atoms with van der Waals surface area (Å²) < 4.78 is 5.21. The fourth-order valence-electron chi connectivity index (χ4n) is 2.54. The van der Waals surface area contributed by atoms with Gasteiger partial charge in [-0.05, 0) is 33.6 Å². The minimum atomic E-state index is 0.630. The molecule has 0 atom stereocenters. The number of aliphatic imine (C=N–C) groups is 1. The van der Waals surface area contributed by atoms with Gasteiger partial charge < -0.3 is 15.4 Å². The fraction of sp³-hybridized carbons (Fsp3) is 0.765. The zero-order chi connectivity index (χ0) is 17.4. The molecule has 0 aliphatic heterocycles. The van der Waals surface area contributed by atoms with E-state index in [1.165, 1.54) is 17.7 Å². The van der Waals surface area contributed by atoms with Crippen LogP contribution in [0, 0.1) is 13.8 Å². The molecule has 0 saturated heterocycles. The molecule has 2 N–H and O–H groups in total. The van der Waals surface area contributed by atoms with Gasteiger partial charge in [-0.2, -0.15) is 0 Å². The molecule has 1 saturated carbocycles. The molecule has 2 rings (SSSR count). The van der Waals surface area contributed by atoms with Crippen LogP contribution in [-0.4, -0.2) is 61.8 Å². The summed E-state index contributed by atoms with van der Waals surface area (Å²) in [7, 11) is 1.77. The Kier molecular flexibility index (Phi) is 7.94. The molecule has 0 bridgehead atoms. The Morgan fingerprint density at radius 3 is 2.71 bits per heavy atom. The summed E-state index contributed by atoms with van der Waals surface area (Å²) >= 11 is 1.73. The lowest BCUT2D eigenvalue weighted by Crippen LogP contribution is -2.42. The number of ether oxygens (including phenoxy) is 1. The summed E-state index contributed by atoms with van der Waals surface area (Å²) in [4.78, 5) is 13.0. The van der Waals surface area contributed by atoms with Crippen LogP contribution >= 0.6 is 11.3 Å². The lowest BCUT2D eigenvalue weighted by Gasteiger charge is -2.22. The molecule has 1 aliphatic carbocycles. The van der Waals surface area contributed by atoms with Crippen molar-refractivity contribution < 1.29 is 4.74 Å². The molecule has 0 amide bonds. The number of aryl methyl sites for hydroxylation is 2. The number of nitrogens with one attached hydrogen (secondary N) is 2. The fourth-order valence-corrected chi connectivity index (χ4v) is 3.40. The van der Waals surface area contributed by atoms with Crippen molar-refractivity contribution in [2.24, 2.45) is 4.99 Å². The third-order valence-electron chi connectivity index (χ3n) is 4.13. The quantitative estimate of drug-likeness (QED) is 0.497. The lowest BCUT2D eigenvalue weighted by atomic mass is 10.4. The first-order chi connectivity index (χ1) is 11.6. The summed E-state index contributed by atoms with van der Waals surface area (Å²) in [5.74, 6) is 0.866. The number of guanidine groups is 1. The SMILES string of the molecule is CCNC(=NCc1nc(C)c(C)s1)NCCN(CCOC)C1CC1. The molecule has 6 nitrogen and oxygen atoms in total. The molecule has 1 heterocycles. The molecule has 0 aromatic carbocycles. The minimum absolute atomic E-state index is 0.630. The van der Waals surface area contributed by atoms with Gasteiger partial charge in [0.25, 0.3) is 0 Å². The molecule has 0 spiro atoms. The Labute approximate surface area is 149 Å². The predicted octanol–water partition coefficient (Wildman–Crippen LogP) is 1.93. The normalized spacial score (nSPS) is 15.1. The second-order valence-corrected chi connectivity index (χ2v) is 7.42. The van der Waals surface area contributed by atoms with Crippen LogP contribution in [0.15, 0.2) is 4.99 Å².